The van der Waals surface area contributed by atoms with Crippen LogP contribution in [0.15, 0.2) is 18.2 Å². The number of ether oxygens (including phenoxy) is 2. The molecule has 1 heterocycles. The van der Waals surface area contributed by atoms with Crippen molar-refractivity contribution in [3.8, 4) is 5.75 Å². The van der Waals surface area contributed by atoms with Gasteiger partial charge in [-0.15, -0.1) is 0 Å². The number of hydrogen-bond donors (Lipinski definition) is 1. The van der Waals surface area contributed by atoms with Crippen molar-refractivity contribution in [1.82, 2.24) is 4.98 Å². The van der Waals surface area contributed by atoms with E-state index in [1.54, 1.807) is 7.11 Å². The fourth-order valence-electron chi connectivity index (χ4n) is 2.83. The quantitative estimate of drug-likeness (QED) is 0.838. The minimum Gasteiger partial charge on any atom is -0.497 e. The molecule has 0 unspecified atom stereocenters. The van der Waals surface area contributed by atoms with Crippen LogP contribution < -0.4 is 10.1 Å². The number of carbonyl (C=O) groups is 2. The fourth-order valence-corrected chi connectivity index (χ4v) is 3.74. The molecular weight excluding hydrogens is 328 g/mol. The molecule has 0 radical (unpaired) electrons. The maximum Gasteiger partial charge on any atom is 0.309 e. The highest BCUT2D eigenvalue weighted by Crippen LogP contribution is 2.29. The smallest absolute Gasteiger partial charge is 0.309 e. The first kappa shape index (κ1) is 16.7. The topological polar surface area (TPSA) is 77.5 Å². The van der Waals surface area contributed by atoms with Gasteiger partial charge in [-0.25, -0.2) is 4.98 Å². The van der Waals surface area contributed by atoms with Gasteiger partial charge in [0.15, 0.2) is 11.7 Å². The average Bonchev–Trinajstić information content (AvgIpc) is 3.01. The summed E-state index contributed by atoms with van der Waals surface area (Å²) < 4.78 is 11.2. The highest BCUT2D eigenvalue weighted by Gasteiger charge is 2.23. The van der Waals surface area contributed by atoms with Crippen LogP contribution in [0.25, 0.3) is 10.2 Å². The zero-order chi connectivity index (χ0) is 16.9. The Bertz CT molecular complexity index is 737. The molecule has 0 bridgehead atoms. The highest BCUT2D eigenvalue weighted by molar-refractivity contribution is 7.22. The number of methoxy groups -OCH3 is 1. The Hall–Kier alpha value is -2.15. The molecule has 1 aromatic carbocycles. The van der Waals surface area contributed by atoms with Gasteiger partial charge in [0.05, 0.1) is 23.2 Å². The highest BCUT2D eigenvalue weighted by atomic mass is 32.1. The third-order valence-electron chi connectivity index (χ3n) is 4.13. The van der Waals surface area contributed by atoms with Crippen molar-refractivity contribution >= 4 is 38.6 Å². The molecule has 1 aromatic heterocycles. The van der Waals surface area contributed by atoms with E-state index in [0.29, 0.717) is 5.13 Å². The summed E-state index contributed by atoms with van der Waals surface area (Å²) in [7, 11) is 1.60. The number of carbonyl (C=O) groups excluding carboxylic acids is 2. The number of nitrogens with one attached hydrogen (secondary N) is 1. The van der Waals surface area contributed by atoms with E-state index in [2.05, 4.69) is 10.3 Å². The third-order valence-corrected chi connectivity index (χ3v) is 5.06. The molecule has 1 amide bonds. The summed E-state index contributed by atoms with van der Waals surface area (Å²) in [6, 6.07) is 5.52. The Morgan fingerprint density at radius 2 is 2.08 bits per heavy atom. The van der Waals surface area contributed by atoms with Crippen LogP contribution in [0.5, 0.6) is 5.75 Å². The minimum atomic E-state index is -0.370. The van der Waals surface area contributed by atoms with Crippen molar-refractivity contribution in [1.29, 1.82) is 0 Å². The van der Waals surface area contributed by atoms with Gasteiger partial charge in [0.1, 0.15) is 5.75 Å². The van der Waals surface area contributed by atoms with Gasteiger partial charge in [-0.3, -0.25) is 14.9 Å². The second kappa shape index (κ2) is 7.61. The standard InChI is InChI=1S/C17H20N2O4S/c1-22-12-7-8-13-14(9-12)24-17(18-13)19-15(20)10-23-16(21)11-5-3-2-4-6-11/h7-9,11H,2-6,10H2,1H3,(H,18,19,20). The molecule has 0 atom stereocenters. The number of nitrogens with zero attached hydrogens (tertiary/aromatic N) is 1. The lowest BCUT2D eigenvalue weighted by Gasteiger charge is -2.19. The molecule has 7 heteroatoms. The number of rotatable bonds is 5. The second-order valence-corrected chi connectivity index (χ2v) is 6.87. The molecule has 1 saturated carbocycles. The molecule has 0 spiro atoms. The van der Waals surface area contributed by atoms with Crippen molar-refractivity contribution in [2.24, 2.45) is 5.92 Å². The van der Waals surface area contributed by atoms with Crippen LogP contribution in [-0.4, -0.2) is 30.6 Å². The normalized spacial score (nSPS) is 15.2. The van der Waals surface area contributed by atoms with Crippen molar-refractivity contribution in [2.75, 3.05) is 19.0 Å². The van der Waals surface area contributed by atoms with Crippen LogP contribution in [-0.2, 0) is 14.3 Å². The van der Waals surface area contributed by atoms with Gasteiger partial charge in [0.25, 0.3) is 5.91 Å². The number of esters is 1. The van der Waals surface area contributed by atoms with E-state index in [1.807, 2.05) is 18.2 Å². The van der Waals surface area contributed by atoms with E-state index in [9.17, 15) is 9.59 Å². The molecular formula is C17H20N2O4S. The number of benzene rings is 1. The largest absolute Gasteiger partial charge is 0.497 e. The monoisotopic (exact) mass is 348 g/mol. The third kappa shape index (κ3) is 4.03. The van der Waals surface area contributed by atoms with E-state index in [4.69, 9.17) is 9.47 Å². The first-order valence-electron chi connectivity index (χ1n) is 8.07. The number of thiazole rings is 1. The summed E-state index contributed by atoms with van der Waals surface area (Å²) in [6.07, 6.45) is 5.01. The Morgan fingerprint density at radius 1 is 1.29 bits per heavy atom. The summed E-state index contributed by atoms with van der Waals surface area (Å²) in [6.45, 7) is -0.269. The van der Waals surface area contributed by atoms with Gasteiger partial charge in [-0.2, -0.15) is 0 Å². The summed E-state index contributed by atoms with van der Waals surface area (Å²) in [5.74, 6) is 0.0518. The van der Waals surface area contributed by atoms with Crippen LogP contribution >= 0.6 is 11.3 Å². The average molecular weight is 348 g/mol. The molecule has 1 fully saturated rings. The lowest BCUT2D eigenvalue weighted by molar-refractivity contribution is -0.152. The molecule has 1 aliphatic rings. The van der Waals surface area contributed by atoms with Gasteiger partial charge in [-0.1, -0.05) is 30.6 Å². The van der Waals surface area contributed by atoms with Gasteiger partial charge in [0.2, 0.25) is 0 Å². The van der Waals surface area contributed by atoms with E-state index in [1.165, 1.54) is 17.8 Å². The zero-order valence-corrected chi connectivity index (χ0v) is 14.4. The predicted octanol–water partition coefficient (Wildman–Crippen LogP) is 3.37. The van der Waals surface area contributed by atoms with Crippen molar-refractivity contribution in [2.45, 2.75) is 32.1 Å². The maximum absolute atomic E-state index is 12.0. The molecule has 1 aliphatic carbocycles. The van der Waals surface area contributed by atoms with Crippen LogP contribution in [0.4, 0.5) is 5.13 Å². The van der Waals surface area contributed by atoms with Crippen LogP contribution in [0.3, 0.4) is 0 Å². The summed E-state index contributed by atoms with van der Waals surface area (Å²) in [4.78, 5) is 28.2. The molecule has 0 saturated heterocycles. The first-order chi connectivity index (χ1) is 11.7. The van der Waals surface area contributed by atoms with Crippen molar-refractivity contribution < 1.29 is 19.1 Å². The molecule has 128 valence electrons. The Morgan fingerprint density at radius 3 is 2.83 bits per heavy atom. The van der Waals surface area contributed by atoms with Crippen LogP contribution in [0.1, 0.15) is 32.1 Å². The fraction of sp³-hybridized carbons (Fsp3) is 0.471. The summed E-state index contributed by atoms with van der Waals surface area (Å²) >= 11 is 1.35. The Kier molecular flexibility index (Phi) is 5.30. The van der Waals surface area contributed by atoms with Crippen molar-refractivity contribution in [3.05, 3.63) is 18.2 Å². The molecule has 6 nitrogen and oxygen atoms in total. The van der Waals surface area contributed by atoms with Gasteiger partial charge >= 0.3 is 5.97 Å². The molecule has 0 aliphatic heterocycles. The van der Waals surface area contributed by atoms with E-state index in [-0.39, 0.29) is 24.4 Å². The van der Waals surface area contributed by atoms with E-state index >= 15 is 0 Å². The van der Waals surface area contributed by atoms with Gasteiger partial charge < -0.3 is 9.47 Å². The molecule has 2 aromatic rings. The number of anilines is 1. The summed E-state index contributed by atoms with van der Waals surface area (Å²) in [5.41, 5.74) is 0.787. The number of fused-ring (bicyclic) bond motifs is 1. The molecule has 24 heavy (non-hydrogen) atoms. The Balaban J connectivity index is 1.53. The number of aromatic nitrogens is 1. The van der Waals surface area contributed by atoms with Crippen LogP contribution in [0, 0.1) is 5.92 Å². The van der Waals surface area contributed by atoms with E-state index < -0.39 is 0 Å². The lowest BCUT2D eigenvalue weighted by Crippen LogP contribution is -2.25. The predicted molar refractivity (Wildman–Crippen MR) is 92.3 cm³/mol. The number of hydrogen-bond acceptors (Lipinski definition) is 6. The maximum atomic E-state index is 12.0. The number of amides is 1. The minimum absolute atomic E-state index is 0.0542. The second-order valence-electron chi connectivity index (χ2n) is 5.84. The lowest BCUT2D eigenvalue weighted by atomic mass is 9.89. The first-order valence-corrected chi connectivity index (χ1v) is 8.88. The van der Waals surface area contributed by atoms with Crippen LogP contribution in [0.2, 0.25) is 0 Å². The zero-order valence-electron chi connectivity index (χ0n) is 13.5. The SMILES string of the molecule is COc1ccc2nc(NC(=O)COC(=O)C3CCCCC3)sc2c1. The molecule has 3 rings (SSSR count). The molecule has 1 N–H and O–H groups in total. The van der Waals surface area contributed by atoms with E-state index in [0.717, 1.165) is 41.6 Å². The van der Waals surface area contributed by atoms with Gasteiger partial charge in [-0.05, 0) is 31.0 Å². The van der Waals surface area contributed by atoms with Crippen molar-refractivity contribution in [3.63, 3.8) is 0 Å². The Labute approximate surface area is 144 Å². The summed E-state index contributed by atoms with van der Waals surface area (Å²) in [5, 5.41) is 3.16. The van der Waals surface area contributed by atoms with Gasteiger partial charge in [0, 0.05) is 0 Å².